The number of pyridine rings is 1. The maximum atomic E-state index is 13.8. The number of halogens is 6. The zero-order valence-electron chi connectivity index (χ0n) is 23.0. The summed E-state index contributed by atoms with van der Waals surface area (Å²) in [6.45, 7) is 2.18. The Morgan fingerprint density at radius 2 is 1.71 bits per heavy atom. The SMILES string of the molecule is CNC1(C2CCCCC2)N=C(Nc2ccc(C(F)(F)F)cc2C)C2=C(CCN(c3ncccc3C(F)(F)F)CC2)N1. The van der Waals surface area contributed by atoms with E-state index in [4.69, 9.17) is 4.99 Å². The van der Waals surface area contributed by atoms with Crippen LogP contribution in [0.25, 0.3) is 0 Å². The summed E-state index contributed by atoms with van der Waals surface area (Å²) in [5.74, 6) is -0.288. The highest BCUT2D eigenvalue weighted by atomic mass is 19.4. The van der Waals surface area contributed by atoms with Crippen molar-refractivity contribution < 1.29 is 26.3 Å². The summed E-state index contributed by atoms with van der Waals surface area (Å²) in [7, 11) is 1.82. The van der Waals surface area contributed by atoms with Gasteiger partial charge in [0.05, 0.1) is 11.1 Å². The van der Waals surface area contributed by atoms with Gasteiger partial charge >= 0.3 is 12.4 Å². The van der Waals surface area contributed by atoms with E-state index in [2.05, 4.69) is 20.9 Å². The molecule has 1 aliphatic carbocycles. The molecule has 0 spiro atoms. The smallest absolute Gasteiger partial charge is 0.355 e. The van der Waals surface area contributed by atoms with E-state index < -0.39 is 29.3 Å². The van der Waals surface area contributed by atoms with Crippen molar-refractivity contribution in [2.75, 3.05) is 30.4 Å². The van der Waals surface area contributed by atoms with Gasteiger partial charge in [0, 0.05) is 48.6 Å². The van der Waals surface area contributed by atoms with Gasteiger partial charge in [-0.3, -0.25) is 5.32 Å². The lowest BCUT2D eigenvalue weighted by molar-refractivity contribution is -0.138. The molecule has 1 saturated carbocycles. The van der Waals surface area contributed by atoms with E-state index in [1.165, 1.54) is 18.3 Å². The summed E-state index contributed by atoms with van der Waals surface area (Å²) in [5, 5.41) is 10.3. The molecule has 3 heterocycles. The van der Waals surface area contributed by atoms with Crippen molar-refractivity contribution in [1.29, 1.82) is 0 Å². The van der Waals surface area contributed by atoms with Crippen molar-refractivity contribution >= 4 is 17.3 Å². The van der Waals surface area contributed by atoms with Crippen LogP contribution in [0.2, 0.25) is 0 Å². The highest BCUT2D eigenvalue weighted by Crippen LogP contribution is 2.40. The number of aliphatic imine (C=N–C) groups is 1. The lowest BCUT2D eigenvalue weighted by Crippen LogP contribution is -2.62. The van der Waals surface area contributed by atoms with Crippen LogP contribution in [0.3, 0.4) is 0 Å². The molecule has 1 aromatic carbocycles. The largest absolute Gasteiger partial charge is 0.419 e. The molecule has 1 fully saturated rings. The molecular weight excluding hydrogens is 546 g/mol. The van der Waals surface area contributed by atoms with Gasteiger partial charge in [0.15, 0.2) is 5.79 Å². The third kappa shape index (κ3) is 6.02. The van der Waals surface area contributed by atoms with E-state index >= 15 is 0 Å². The molecule has 2 aliphatic heterocycles. The second-order valence-corrected chi connectivity index (χ2v) is 10.9. The number of hydrogen-bond donors (Lipinski definition) is 3. The molecule has 0 amide bonds. The molecular formula is C29H34F6N6. The van der Waals surface area contributed by atoms with Gasteiger partial charge in [0.25, 0.3) is 0 Å². The van der Waals surface area contributed by atoms with E-state index in [0.29, 0.717) is 36.5 Å². The molecule has 1 atom stereocenters. The fourth-order valence-corrected chi connectivity index (χ4v) is 6.14. The Bertz CT molecular complexity index is 1330. The van der Waals surface area contributed by atoms with Crippen LogP contribution in [-0.2, 0) is 12.4 Å². The summed E-state index contributed by atoms with van der Waals surface area (Å²) >= 11 is 0. The molecule has 5 rings (SSSR count). The standard InChI is InChI=1S/C29H34F6N6/c1-18-17-20(27(30,31)32)10-11-23(18)38-25-21-12-15-41(26-22(28(33,34)35)9-6-14-37-26)16-13-24(21)39-29(36-2,40-25)19-7-4-3-5-8-19/h6,9-11,14,17,19,36,39H,3-5,7-8,12-13,15-16H2,1-2H3,(H,38,40). The Morgan fingerprint density at radius 1 is 0.976 bits per heavy atom. The lowest BCUT2D eigenvalue weighted by Gasteiger charge is -2.44. The van der Waals surface area contributed by atoms with Crippen LogP contribution >= 0.6 is 0 Å². The van der Waals surface area contributed by atoms with Crippen molar-refractivity contribution in [2.24, 2.45) is 10.9 Å². The molecule has 3 aliphatic rings. The first-order chi connectivity index (χ1) is 19.4. The Morgan fingerprint density at radius 3 is 2.37 bits per heavy atom. The molecule has 41 heavy (non-hydrogen) atoms. The Balaban J connectivity index is 1.50. The topological polar surface area (TPSA) is 64.6 Å². The summed E-state index contributed by atoms with van der Waals surface area (Å²) in [4.78, 5) is 10.9. The minimum Gasteiger partial charge on any atom is -0.355 e. The summed E-state index contributed by atoms with van der Waals surface area (Å²) in [5.41, 5.74) is 1.04. The van der Waals surface area contributed by atoms with E-state index in [1.54, 1.807) is 11.8 Å². The van der Waals surface area contributed by atoms with Crippen LogP contribution in [-0.4, -0.2) is 36.7 Å². The van der Waals surface area contributed by atoms with Gasteiger partial charge in [-0.15, -0.1) is 0 Å². The van der Waals surface area contributed by atoms with Gasteiger partial charge in [0.1, 0.15) is 11.7 Å². The molecule has 0 saturated heterocycles. The maximum absolute atomic E-state index is 13.8. The van der Waals surface area contributed by atoms with Gasteiger partial charge < -0.3 is 15.5 Å². The van der Waals surface area contributed by atoms with Crippen molar-refractivity contribution in [1.82, 2.24) is 15.6 Å². The highest BCUT2D eigenvalue weighted by molar-refractivity contribution is 6.09. The minimum absolute atomic E-state index is 0.114. The number of amidine groups is 1. The first-order valence-corrected chi connectivity index (χ1v) is 13.9. The van der Waals surface area contributed by atoms with E-state index in [0.717, 1.165) is 61.6 Å². The molecule has 2 aromatic rings. The fraction of sp³-hybridized carbons (Fsp3) is 0.517. The quantitative estimate of drug-likeness (QED) is 0.346. The molecule has 6 nitrogen and oxygen atoms in total. The number of anilines is 2. The van der Waals surface area contributed by atoms with Gasteiger partial charge in [-0.2, -0.15) is 26.3 Å². The molecule has 222 valence electrons. The molecule has 0 radical (unpaired) electrons. The summed E-state index contributed by atoms with van der Waals surface area (Å²) in [6.07, 6.45) is -1.70. The molecule has 0 bridgehead atoms. The number of hydrogen-bond acceptors (Lipinski definition) is 6. The normalized spacial score (nSPS) is 22.5. The van der Waals surface area contributed by atoms with Crippen LogP contribution in [0.5, 0.6) is 0 Å². The van der Waals surface area contributed by atoms with Crippen molar-refractivity contribution in [3.8, 4) is 0 Å². The predicted octanol–water partition coefficient (Wildman–Crippen LogP) is 6.85. The van der Waals surface area contributed by atoms with Crippen LogP contribution in [0.4, 0.5) is 37.8 Å². The third-order valence-electron chi connectivity index (χ3n) is 8.32. The number of rotatable bonds is 4. The van der Waals surface area contributed by atoms with Crippen LogP contribution < -0.4 is 20.9 Å². The predicted molar refractivity (Wildman–Crippen MR) is 146 cm³/mol. The average Bonchev–Trinajstić information content (AvgIpc) is 3.16. The second-order valence-electron chi connectivity index (χ2n) is 10.9. The number of alkyl halides is 6. The zero-order valence-corrected chi connectivity index (χ0v) is 23.0. The minimum atomic E-state index is -4.54. The van der Waals surface area contributed by atoms with Crippen molar-refractivity contribution in [3.63, 3.8) is 0 Å². The van der Waals surface area contributed by atoms with E-state index in [-0.39, 0.29) is 18.3 Å². The fourth-order valence-electron chi connectivity index (χ4n) is 6.14. The molecule has 3 N–H and O–H groups in total. The Labute approximate surface area is 235 Å². The Kier molecular flexibility index (Phi) is 7.97. The molecule has 1 unspecified atom stereocenters. The van der Waals surface area contributed by atoms with E-state index in [9.17, 15) is 26.3 Å². The van der Waals surface area contributed by atoms with Crippen LogP contribution in [0.15, 0.2) is 52.8 Å². The van der Waals surface area contributed by atoms with Gasteiger partial charge in [-0.05, 0) is 69.1 Å². The second kappa shape index (κ2) is 11.2. The maximum Gasteiger partial charge on any atom is 0.419 e. The van der Waals surface area contributed by atoms with Gasteiger partial charge in [-0.25, -0.2) is 9.98 Å². The van der Waals surface area contributed by atoms with Crippen molar-refractivity contribution in [3.05, 3.63) is 64.5 Å². The number of nitrogens with one attached hydrogen (secondary N) is 3. The number of benzene rings is 1. The lowest BCUT2D eigenvalue weighted by atomic mass is 9.82. The van der Waals surface area contributed by atoms with Crippen molar-refractivity contribution in [2.45, 2.75) is 70.0 Å². The van der Waals surface area contributed by atoms with Gasteiger partial charge in [0.2, 0.25) is 0 Å². The first-order valence-electron chi connectivity index (χ1n) is 13.9. The number of aromatic nitrogens is 1. The average molecular weight is 581 g/mol. The van der Waals surface area contributed by atoms with Crippen LogP contribution in [0, 0.1) is 12.8 Å². The van der Waals surface area contributed by atoms with Crippen LogP contribution in [0.1, 0.15) is 61.6 Å². The van der Waals surface area contributed by atoms with Gasteiger partial charge in [-0.1, -0.05) is 19.3 Å². The third-order valence-corrected chi connectivity index (χ3v) is 8.32. The Hall–Kier alpha value is -3.28. The monoisotopic (exact) mass is 580 g/mol. The zero-order chi connectivity index (χ0) is 29.4. The number of aryl methyl sites for hydroxylation is 1. The van der Waals surface area contributed by atoms with E-state index in [1.807, 2.05) is 7.05 Å². The molecule has 12 heteroatoms. The first kappa shape index (κ1) is 29.2. The highest BCUT2D eigenvalue weighted by Gasteiger charge is 2.43. The summed E-state index contributed by atoms with van der Waals surface area (Å²) < 4.78 is 81.3. The number of nitrogens with zero attached hydrogens (tertiary/aromatic N) is 3. The molecule has 1 aromatic heterocycles. The summed E-state index contributed by atoms with van der Waals surface area (Å²) in [6, 6.07) is 5.85.